The SMILES string of the molecule is COc1cc(O)c(-c2cc3ccc(O)cc3o2)cc1CC=C(C)CCC=C(C)C. The molecule has 0 aliphatic carbocycles. The topological polar surface area (TPSA) is 62.8 Å². The summed E-state index contributed by atoms with van der Waals surface area (Å²) in [5.74, 6) is 1.44. The van der Waals surface area contributed by atoms with E-state index in [0.717, 1.165) is 23.8 Å². The molecule has 3 aromatic rings. The van der Waals surface area contributed by atoms with E-state index in [4.69, 9.17) is 9.15 Å². The lowest BCUT2D eigenvalue weighted by atomic mass is 10.0. The van der Waals surface area contributed by atoms with E-state index in [2.05, 4.69) is 32.9 Å². The molecule has 1 heterocycles. The Morgan fingerprint density at radius 3 is 2.55 bits per heavy atom. The highest BCUT2D eigenvalue weighted by atomic mass is 16.5. The predicted octanol–water partition coefficient (Wildman–Crippen LogP) is 6.75. The molecule has 152 valence electrons. The molecule has 2 aromatic carbocycles. The fraction of sp³-hybridized carbons (Fsp3) is 0.280. The van der Waals surface area contributed by atoms with E-state index in [1.54, 1.807) is 31.4 Å². The average Bonchev–Trinajstić information content (AvgIpc) is 3.09. The molecule has 1 aromatic heterocycles. The van der Waals surface area contributed by atoms with Gasteiger partial charge in [0.2, 0.25) is 0 Å². The molecule has 0 bridgehead atoms. The average molecular weight is 392 g/mol. The molecule has 29 heavy (non-hydrogen) atoms. The van der Waals surface area contributed by atoms with Crippen molar-refractivity contribution in [3.63, 3.8) is 0 Å². The van der Waals surface area contributed by atoms with Crippen LogP contribution in [0.1, 0.15) is 39.2 Å². The molecule has 0 fully saturated rings. The van der Waals surface area contributed by atoms with Crippen LogP contribution in [0.4, 0.5) is 0 Å². The fourth-order valence-corrected chi connectivity index (χ4v) is 3.29. The van der Waals surface area contributed by atoms with Crippen molar-refractivity contribution in [2.24, 2.45) is 0 Å². The number of allylic oxidation sites excluding steroid dienone is 4. The van der Waals surface area contributed by atoms with Gasteiger partial charge in [0.15, 0.2) is 0 Å². The number of phenolic OH excluding ortho intramolecular Hbond substituents is 2. The number of methoxy groups -OCH3 is 1. The first kappa shape index (κ1) is 20.6. The number of ether oxygens (including phenoxy) is 1. The number of phenols is 2. The van der Waals surface area contributed by atoms with Gasteiger partial charge in [-0.05, 0) is 69.9 Å². The Morgan fingerprint density at radius 1 is 1.03 bits per heavy atom. The predicted molar refractivity (Wildman–Crippen MR) is 118 cm³/mol. The molecule has 0 aliphatic heterocycles. The van der Waals surface area contributed by atoms with Crippen molar-refractivity contribution in [3.8, 4) is 28.6 Å². The van der Waals surface area contributed by atoms with Crippen LogP contribution in [0.3, 0.4) is 0 Å². The van der Waals surface area contributed by atoms with E-state index >= 15 is 0 Å². The van der Waals surface area contributed by atoms with Crippen LogP contribution in [-0.2, 0) is 6.42 Å². The third-order valence-electron chi connectivity index (χ3n) is 4.93. The van der Waals surface area contributed by atoms with Gasteiger partial charge in [-0.1, -0.05) is 23.3 Å². The Kier molecular flexibility index (Phi) is 6.32. The van der Waals surface area contributed by atoms with E-state index in [-0.39, 0.29) is 11.5 Å². The van der Waals surface area contributed by atoms with Crippen LogP contribution < -0.4 is 4.74 Å². The van der Waals surface area contributed by atoms with Crippen molar-refractivity contribution < 1.29 is 19.4 Å². The van der Waals surface area contributed by atoms with E-state index in [9.17, 15) is 10.2 Å². The van der Waals surface area contributed by atoms with Crippen LogP contribution >= 0.6 is 0 Å². The minimum atomic E-state index is 0.0955. The molecule has 3 rings (SSSR count). The second kappa shape index (κ2) is 8.91. The van der Waals surface area contributed by atoms with Gasteiger partial charge in [0.25, 0.3) is 0 Å². The molecule has 0 unspecified atom stereocenters. The zero-order valence-corrected chi connectivity index (χ0v) is 17.5. The first-order valence-corrected chi connectivity index (χ1v) is 9.79. The summed E-state index contributed by atoms with van der Waals surface area (Å²) < 4.78 is 11.3. The van der Waals surface area contributed by atoms with Crippen LogP contribution in [0.15, 0.2) is 64.1 Å². The number of benzene rings is 2. The standard InChI is InChI=1S/C25H28O4/c1-16(2)6-5-7-17(3)8-9-18-12-21(22(27)15-23(18)28-4)25-13-19-10-11-20(26)14-24(19)29-25/h6,8,10-15,26-27H,5,7,9H2,1-4H3. The maximum absolute atomic E-state index is 10.5. The largest absolute Gasteiger partial charge is 0.508 e. The molecule has 4 nitrogen and oxygen atoms in total. The molecule has 0 saturated heterocycles. The van der Waals surface area contributed by atoms with Crippen molar-refractivity contribution in [2.45, 2.75) is 40.0 Å². The number of hydrogen-bond acceptors (Lipinski definition) is 4. The van der Waals surface area contributed by atoms with Gasteiger partial charge in [0.05, 0.1) is 12.7 Å². The fourth-order valence-electron chi connectivity index (χ4n) is 3.29. The van der Waals surface area contributed by atoms with Gasteiger partial charge < -0.3 is 19.4 Å². The molecule has 4 heteroatoms. The molecule has 0 saturated carbocycles. The molecular formula is C25H28O4. The van der Waals surface area contributed by atoms with E-state index < -0.39 is 0 Å². The van der Waals surface area contributed by atoms with Crippen molar-refractivity contribution in [1.82, 2.24) is 0 Å². The summed E-state index contributed by atoms with van der Waals surface area (Å²) in [6.45, 7) is 6.36. The normalized spacial score (nSPS) is 11.7. The Morgan fingerprint density at radius 2 is 1.83 bits per heavy atom. The Bertz CT molecular complexity index is 1070. The molecule has 2 N–H and O–H groups in total. The number of hydrogen-bond donors (Lipinski definition) is 2. The highest BCUT2D eigenvalue weighted by Crippen LogP contribution is 2.38. The lowest BCUT2D eigenvalue weighted by molar-refractivity contribution is 0.404. The van der Waals surface area contributed by atoms with Gasteiger partial charge in [-0.25, -0.2) is 0 Å². The van der Waals surface area contributed by atoms with Gasteiger partial charge in [-0.2, -0.15) is 0 Å². The van der Waals surface area contributed by atoms with Crippen molar-refractivity contribution in [2.75, 3.05) is 7.11 Å². The first-order chi connectivity index (χ1) is 13.9. The summed E-state index contributed by atoms with van der Waals surface area (Å²) in [6, 6.07) is 10.4. The van der Waals surface area contributed by atoms with Crippen molar-refractivity contribution >= 4 is 11.0 Å². The van der Waals surface area contributed by atoms with E-state index in [1.807, 2.05) is 12.1 Å². The molecule has 0 radical (unpaired) electrons. The van der Waals surface area contributed by atoms with Crippen LogP contribution in [0.2, 0.25) is 0 Å². The van der Waals surface area contributed by atoms with Gasteiger partial charge >= 0.3 is 0 Å². The lowest BCUT2D eigenvalue weighted by Gasteiger charge is -2.11. The summed E-state index contributed by atoms with van der Waals surface area (Å²) in [7, 11) is 1.60. The van der Waals surface area contributed by atoms with Crippen LogP contribution in [0.25, 0.3) is 22.3 Å². The Balaban J connectivity index is 1.90. The quantitative estimate of drug-likeness (QED) is 0.436. The number of fused-ring (bicyclic) bond motifs is 1. The summed E-state index contributed by atoms with van der Waals surface area (Å²) in [5, 5.41) is 21.0. The van der Waals surface area contributed by atoms with Gasteiger partial charge in [-0.3, -0.25) is 0 Å². The molecular weight excluding hydrogens is 364 g/mol. The zero-order chi connectivity index (χ0) is 21.0. The maximum Gasteiger partial charge on any atom is 0.139 e. The van der Waals surface area contributed by atoms with E-state index in [0.29, 0.717) is 29.1 Å². The summed E-state index contributed by atoms with van der Waals surface area (Å²) in [6.07, 6.45) is 7.21. The molecule has 0 amide bonds. The second-order valence-electron chi connectivity index (χ2n) is 7.59. The monoisotopic (exact) mass is 392 g/mol. The third kappa shape index (κ3) is 5.02. The van der Waals surface area contributed by atoms with E-state index in [1.165, 1.54) is 11.1 Å². The van der Waals surface area contributed by atoms with Crippen molar-refractivity contribution in [3.05, 3.63) is 65.3 Å². The van der Waals surface area contributed by atoms with Gasteiger partial charge in [0.1, 0.15) is 28.6 Å². The third-order valence-corrected chi connectivity index (χ3v) is 4.93. The van der Waals surface area contributed by atoms with Crippen LogP contribution in [-0.4, -0.2) is 17.3 Å². The zero-order valence-electron chi connectivity index (χ0n) is 17.5. The summed E-state index contributed by atoms with van der Waals surface area (Å²) in [5.41, 5.74) is 4.81. The Hall–Kier alpha value is -3.14. The number of rotatable bonds is 7. The molecule has 0 atom stereocenters. The number of aromatic hydroxyl groups is 2. The molecule has 0 spiro atoms. The maximum atomic E-state index is 10.5. The number of furan rings is 1. The van der Waals surface area contributed by atoms with Crippen LogP contribution in [0.5, 0.6) is 17.2 Å². The molecule has 0 aliphatic rings. The smallest absolute Gasteiger partial charge is 0.139 e. The first-order valence-electron chi connectivity index (χ1n) is 9.79. The van der Waals surface area contributed by atoms with Crippen molar-refractivity contribution in [1.29, 1.82) is 0 Å². The van der Waals surface area contributed by atoms with Gasteiger partial charge in [0, 0.05) is 17.5 Å². The summed E-state index contributed by atoms with van der Waals surface area (Å²) >= 11 is 0. The Labute approximate surface area is 171 Å². The minimum absolute atomic E-state index is 0.0955. The lowest BCUT2D eigenvalue weighted by Crippen LogP contribution is -1.93. The van der Waals surface area contributed by atoms with Crippen LogP contribution in [0, 0.1) is 0 Å². The second-order valence-corrected chi connectivity index (χ2v) is 7.59. The summed E-state index contributed by atoms with van der Waals surface area (Å²) in [4.78, 5) is 0. The highest BCUT2D eigenvalue weighted by Gasteiger charge is 2.15. The minimum Gasteiger partial charge on any atom is -0.508 e. The highest BCUT2D eigenvalue weighted by molar-refractivity contribution is 5.85. The van der Waals surface area contributed by atoms with Gasteiger partial charge in [-0.15, -0.1) is 0 Å².